The number of ketones is 1. The lowest BCUT2D eigenvalue weighted by molar-refractivity contribution is -0.152. The molecule has 1 fully saturated rings. The van der Waals surface area contributed by atoms with Gasteiger partial charge in [-0.2, -0.15) is 0 Å². The van der Waals surface area contributed by atoms with Crippen molar-refractivity contribution in [3.63, 3.8) is 0 Å². The minimum Gasteiger partial charge on any atom is -0.380 e. The molecule has 0 aromatic heterocycles. The standard InChI is InChI=1S/C24H33N3O6/c1-17(2)14-20(28)4-3-12-33-13-10-25-21(29)16-22(30)26-19-7-5-18(6-8-19)15-24(32)27-11-9-23(27)31/h5-8,17H,3-4,9-16H2,1-2H3,(H,25,29)(H,26,30). The van der Waals surface area contributed by atoms with Crippen LogP contribution in [0.3, 0.4) is 0 Å². The van der Waals surface area contributed by atoms with Gasteiger partial charge >= 0.3 is 0 Å². The van der Waals surface area contributed by atoms with E-state index in [-0.39, 0.29) is 37.0 Å². The van der Waals surface area contributed by atoms with Crippen LogP contribution < -0.4 is 10.6 Å². The Morgan fingerprint density at radius 2 is 1.79 bits per heavy atom. The second-order valence-corrected chi connectivity index (χ2v) is 8.49. The molecular weight excluding hydrogens is 426 g/mol. The van der Waals surface area contributed by atoms with Crippen molar-refractivity contribution < 1.29 is 28.7 Å². The molecule has 1 aliphatic rings. The number of carbonyl (C=O) groups excluding carboxylic acids is 5. The van der Waals surface area contributed by atoms with Gasteiger partial charge in [0.25, 0.3) is 0 Å². The number of hydrogen-bond donors (Lipinski definition) is 2. The number of imide groups is 1. The summed E-state index contributed by atoms with van der Waals surface area (Å²) < 4.78 is 5.40. The summed E-state index contributed by atoms with van der Waals surface area (Å²) in [6.45, 7) is 5.55. The summed E-state index contributed by atoms with van der Waals surface area (Å²) in [6.07, 6.45) is 1.96. The van der Waals surface area contributed by atoms with Crippen LogP contribution in [0.25, 0.3) is 0 Å². The van der Waals surface area contributed by atoms with Crippen molar-refractivity contribution in [3.8, 4) is 0 Å². The van der Waals surface area contributed by atoms with Crippen molar-refractivity contribution in [2.45, 2.75) is 52.4 Å². The van der Waals surface area contributed by atoms with Gasteiger partial charge in [0.05, 0.1) is 13.0 Å². The second kappa shape index (κ2) is 13.5. The van der Waals surface area contributed by atoms with Gasteiger partial charge < -0.3 is 15.4 Å². The molecule has 4 amide bonds. The number of rotatable bonds is 14. The average Bonchev–Trinajstić information content (AvgIpc) is 2.72. The predicted octanol–water partition coefficient (Wildman–Crippen LogP) is 1.84. The van der Waals surface area contributed by atoms with Crippen LogP contribution in [0.2, 0.25) is 0 Å². The maximum Gasteiger partial charge on any atom is 0.233 e. The largest absolute Gasteiger partial charge is 0.380 e. The molecule has 9 heteroatoms. The Kier molecular flexibility index (Phi) is 10.7. The van der Waals surface area contributed by atoms with Crippen LogP contribution in [-0.2, 0) is 35.1 Å². The number of carbonyl (C=O) groups is 5. The highest BCUT2D eigenvalue weighted by atomic mass is 16.5. The zero-order chi connectivity index (χ0) is 24.2. The average molecular weight is 460 g/mol. The number of nitrogens with one attached hydrogen (secondary N) is 2. The number of likely N-dealkylation sites (tertiary alicyclic amines) is 1. The monoisotopic (exact) mass is 459 g/mol. The van der Waals surface area contributed by atoms with E-state index in [1.165, 1.54) is 4.90 Å². The minimum absolute atomic E-state index is 0.124. The van der Waals surface area contributed by atoms with Gasteiger partial charge in [-0.25, -0.2) is 0 Å². The molecule has 0 radical (unpaired) electrons. The smallest absolute Gasteiger partial charge is 0.233 e. The predicted molar refractivity (Wildman–Crippen MR) is 122 cm³/mol. The van der Waals surface area contributed by atoms with Crippen molar-refractivity contribution in [1.29, 1.82) is 0 Å². The van der Waals surface area contributed by atoms with Crippen molar-refractivity contribution in [2.75, 3.05) is 31.6 Å². The van der Waals surface area contributed by atoms with Gasteiger partial charge in [-0.3, -0.25) is 28.9 Å². The highest BCUT2D eigenvalue weighted by Crippen LogP contribution is 2.14. The molecule has 2 rings (SSSR count). The van der Waals surface area contributed by atoms with Crippen molar-refractivity contribution in [2.24, 2.45) is 5.92 Å². The Labute approximate surface area is 194 Å². The molecule has 1 aromatic carbocycles. The summed E-state index contributed by atoms with van der Waals surface area (Å²) in [5.74, 6) is -0.648. The second-order valence-electron chi connectivity index (χ2n) is 8.49. The SMILES string of the molecule is CC(C)CC(=O)CCCOCCNC(=O)CC(=O)Nc1ccc(CC(=O)N2CCC2=O)cc1. The molecule has 0 aliphatic carbocycles. The molecule has 180 valence electrons. The van der Waals surface area contributed by atoms with E-state index in [1.807, 2.05) is 13.8 Å². The van der Waals surface area contributed by atoms with E-state index >= 15 is 0 Å². The molecular formula is C24H33N3O6. The lowest BCUT2D eigenvalue weighted by Gasteiger charge is -2.28. The molecule has 33 heavy (non-hydrogen) atoms. The zero-order valence-corrected chi connectivity index (χ0v) is 19.4. The molecule has 0 spiro atoms. The van der Waals surface area contributed by atoms with Gasteiger partial charge in [0.15, 0.2) is 0 Å². The number of β-lactam (4-membered cyclic amide) rings is 1. The molecule has 0 saturated carbocycles. The number of hydrogen-bond acceptors (Lipinski definition) is 6. The number of ether oxygens (including phenoxy) is 1. The molecule has 0 atom stereocenters. The first-order valence-electron chi connectivity index (χ1n) is 11.3. The fraction of sp³-hybridized carbons (Fsp3) is 0.542. The number of nitrogens with zero attached hydrogens (tertiary/aromatic N) is 1. The fourth-order valence-electron chi connectivity index (χ4n) is 3.26. The Bertz CT molecular complexity index is 850. The Hall–Kier alpha value is -3.07. The van der Waals surface area contributed by atoms with Crippen molar-refractivity contribution in [3.05, 3.63) is 29.8 Å². The quantitative estimate of drug-likeness (QED) is 0.249. The topological polar surface area (TPSA) is 122 Å². The minimum atomic E-state index is -0.452. The van der Waals surface area contributed by atoms with Gasteiger partial charge in [0.1, 0.15) is 12.2 Å². The lowest BCUT2D eigenvalue weighted by atomic mass is 10.0. The highest BCUT2D eigenvalue weighted by Gasteiger charge is 2.29. The van der Waals surface area contributed by atoms with Crippen LogP contribution in [0, 0.1) is 5.92 Å². The maximum absolute atomic E-state index is 12.0. The van der Waals surface area contributed by atoms with Crippen molar-refractivity contribution >= 4 is 35.1 Å². The third kappa shape index (κ3) is 9.95. The number of benzene rings is 1. The molecule has 1 aromatic rings. The summed E-state index contributed by atoms with van der Waals surface area (Å²) in [6, 6.07) is 6.70. The van der Waals surface area contributed by atoms with Crippen LogP contribution in [0.15, 0.2) is 24.3 Å². The summed E-state index contributed by atoms with van der Waals surface area (Å²) in [5, 5.41) is 5.26. The third-order valence-electron chi connectivity index (χ3n) is 5.01. The van der Waals surface area contributed by atoms with E-state index in [0.29, 0.717) is 57.0 Å². The lowest BCUT2D eigenvalue weighted by Crippen LogP contribution is -2.48. The van der Waals surface area contributed by atoms with E-state index in [1.54, 1.807) is 24.3 Å². The molecule has 1 aliphatic heterocycles. The molecule has 1 heterocycles. The van der Waals surface area contributed by atoms with Crippen LogP contribution in [0.1, 0.15) is 51.5 Å². The zero-order valence-electron chi connectivity index (χ0n) is 19.4. The third-order valence-corrected chi connectivity index (χ3v) is 5.01. The summed E-state index contributed by atoms with van der Waals surface area (Å²) in [7, 11) is 0. The summed E-state index contributed by atoms with van der Waals surface area (Å²) in [4.78, 5) is 60.0. The van der Waals surface area contributed by atoms with Gasteiger partial charge in [-0.05, 0) is 30.0 Å². The van der Waals surface area contributed by atoms with E-state index < -0.39 is 11.8 Å². The van der Waals surface area contributed by atoms with Crippen LogP contribution in [0.4, 0.5) is 5.69 Å². The number of anilines is 1. The Morgan fingerprint density at radius 3 is 2.39 bits per heavy atom. The van der Waals surface area contributed by atoms with Gasteiger partial charge in [0.2, 0.25) is 23.6 Å². The molecule has 1 saturated heterocycles. The highest BCUT2D eigenvalue weighted by molar-refractivity contribution is 6.03. The van der Waals surface area contributed by atoms with E-state index in [9.17, 15) is 24.0 Å². The summed E-state index contributed by atoms with van der Waals surface area (Å²) in [5.41, 5.74) is 1.25. The maximum atomic E-state index is 12.0. The van der Waals surface area contributed by atoms with Crippen molar-refractivity contribution in [1.82, 2.24) is 10.2 Å². The first-order chi connectivity index (χ1) is 15.7. The van der Waals surface area contributed by atoms with Crippen LogP contribution in [-0.4, -0.2) is 60.6 Å². The molecule has 9 nitrogen and oxygen atoms in total. The Balaban J connectivity index is 1.56. The van der Waals surface area contributed by atoms with E-state index in [4.69, 9.17) is 4.74 Å². The Morgan fingerprint density at radius 1 is 1.06 bits per heavy atom. The first kappa shape index (κ1) is 26.2. The van der Waals surface area contributed by atoms with E-state index in [0.717, 1.165) is 5.56 Å². The van der Waals surface area contributed by atoms with Crippen LogP contribution >= 0.6 is 0 Å². The van der Waals surface area contributed by atoms with Crippen LogP contribution in [0.5, 0.6) is 0 Å². The van der Waals surface area contributed by atoms with Gasteiger partial charge in [0, 0.05) is 44.6 Å². The normalized spacial score (nSPS) is 12.9. The van der Waals surface area contributed by atoms with E-state index in [2.05, 4.69) is 10.6 Å². The first-order valence-corrected chi connectivity index (χ1v) is 11.3. The van der Waals surface area contributed by atoms with Gasteiger partial charge in [-0.1, -0.05) is 26.0 Å². The van der Waals surface area contributed by atoms with Gasteiger partial charge in [-0.15, -0.1) is 0 Å². The molecule has 0 bridgehead atoms. The summed E-state index contributed by atoms with van der Waals surface area (Å²) >= 11 is 0. The molecule has 0 unspecified atom stereocenters. The fourth-order valence-corrected chi connectivity index (χ4v) is 3.26. The number of Topliss-reactive ketones (excluding diaryl/α,β-unsaturated/α-hetero) is 1. The number of amides is 4. The molecule has 2 N–H and O–H groups in total.